The van der Waals surface area contributed by atoms with Crippen LogP contribution in [0.15, 0.2) is 18.2 Å². The van der Waals surface area contributed by atoms with Gasteiger partial charge in [-0.3, -0.25) is 0 Å². The summed E-state index contributed by atoms with van der Waals surface area (Å²) in [6, 6.07) is 5.98. The van der Waals surface area contributed by atoms with E-state index in [4.69, 9.17) is 21.1 Å². The van der Waals surface area contributed by atoms with Crippen molar-refractivity contribution in [1.29, 1.82) is 0 Å². The van der Waals surface area contributed by atoms with Crippen molar-refractivity contribution in [2.24, 2.45) is 0 Å². The molecule has 19 heavy (non-hydrogen) atoms. The van der Waals surface area contributed by atoms with E-state index in [1.807, 2.05) is 12.1 Å². The van der Waals surface area contributed by atoms with Crippen molar-refractivity contribution < 1.29 is 14.6 Å². The van der Waals surface area contributed by atoms with Crippen molar-refractivity contribution in [2.75, 3.05) is 19.8 Å². The normalized spacial score (nSPS) is 22.2. The second-order valence-electron chi connectivity index (χ2n) is 5.59. The lowest BCUT2D eigenvalue weighted by molar-refractivity contribution is -0.0855. The first-order chi connectivity index (χ1) is 9.16. The minimum absolute atomic E-state index is 0.277. The average molecular weight is 283 g/mol. The van der Waals surface area contributed by atoms with Crippen molar-refractivity contribution in [1.82, 2.24) is 0 Å². The number of ether oxygens (including phenoxy) is 2. The summed E-state index contributed by atoms with van der Waals surface area (Å²) in [5, 5.41) is 11.0. The zero-order valence-electron chi connectivity index (χ0n) is 10.9. The Kier molecular flexibility index (Phi) is 3.70. The third kappa shape index (κ3) is 3.22. The van der Waals surface area contributed by atoms with E-state index >= 15 is 0 Å². The fourth-order valence-corrected chi connectivity index (χ4v) is 2.66. The predicted octanol–water partition coefficient (Wildman–Crippen LogP) is 3.14. The smallest absolute Gasteiger partial charge is 0.138 e. The molecular formula is C15H19ClO3. The first-order valence-electron chi connectivity index (χ1n) is 6.89. The maximum absolute atomic E-state index is 10.3. The van der Waals surface area contributed by atoms with E-state index in [1.54, 1.807) is 0 Å². The maximum atomic E-state index is 10.3. The van der Waals surface area contributed by atoms with Crippen molar-refractivity contribution in [3.8, 4) is 5.75 Å². The topological polar surface area (TPSA) is 38.7 Å². The van der Waals surface area contributed by atoms with Crippen LogP contribution in [-0.2, 0) is 4.74 Å². The molecule has 1 aromatic rings. The Morgan fingerprint density at radius 3 is 2.68 bits per heavy atom. The molecule has 0 bridgehead atoms. The summed E-state index contributed by atoms with van der Waals surface area (Å²) < 4.78 is 10.9. The molecule has 0 atom stereocenters. The molecule has 1 aromatic carbocycles. The molecule has 104 valence electrons. The van der Waals surface area contributed by atoms with Gasteiger partial charge in [0.25, 0.3) is 0 Å². The van der Waals surface area contributed by atoms with Crippen LogP contribution in [0.5, 0.6) is 5.75 Å². The molecule has 0 spiro atoms. The lowest BCUT2D eigenvalue weighted by Crippen LogP contribution is -2.41. The van der Waals surface area contributed by atoms with E-state index in [1.165, 1.54) is 18.4 Å². The van der Waals surface area contributed by atoms with Gasteiger partial charge in [0.15, 0.2) is 0 Å². The van der Waals surface area contributed by atoms with Crippen LogP contribution in [0.1, 0.15) is 37.2 Å². The zero-order chi connectivity index (χ0) is 13.3. The van der Waals surface area contributed by atoms with E-state index in [-0.39, 0.29) is 6.61 Å². The third-order valence-corrected chi connectivity index (χ3v) is 4.22. The molecule has 1 saturated carbocycles. The third-order valence-electron chi connectivity index (χ3n) is 3.92. The Labute approximate surface area is 118 Å². The summed E-state index contributed by atoms with van der Waals surface area (Å²) in [7, 11) is 0. The summed E-state index contributed by atoms with van der Waals surface area (Å²) >= 11 is 6.23. The lowest BCUT2D eigenvalue weighted by atomic mass is 9.96. The van der Waals surface area contributed by atoms with Gasteiger partial charge in [0.1, 0.15) is 18.0 Å². The van der Waals surface area contributed by atoms with Crippen LogP contribution in [0.3, 0.4) is 0 Å². The van der Waals surface area contributed by atoms with Crippen LogP contribution in [0.25, 0.3) is 0 Å². The second-order valence-corrected chi connectivity index (χ2v) is 6.00. The van der Waals surface area contributed by atoms with Gasteiger partial charge in [0, 0.05) is 26.1 Å². The van der Waals surface area contributed by atoms with Crippen LogP contribution in [0.4, 0.5) is 0 Å². The van der Waals surface area contributed by atoms with Crippen LogP contribution < -0.4 is 4.74 Å². The molecular weight excluding hydrogens is 264 g/mol. The highest BCUT2D eigenvalue weighted by molar-refractivity contribution is 6.32. The quantitative estimate of drug-likeness (QED) is 0.922. The molecule has 1 aliphatic heterocycles. The number of benzene rings is 1. The van der Waals surface area contributed by atoms with Crippen molar-refractivity contribution >= 4 is 11.6 Å². The SMILES string of the molecule is OC1(COc2ccc(C3CC3)cc2Cl)CCOCC1. The molecule has 1 N–H and O–H groups in total. The number of hydrogen-bond acceptors (Lipinski definition) is 3. The van der Waals surface area contributed by atoms with E-state index in [9.17, 15) is 5.11 Å². The molecule has 3 rings (SSSR count). The Hall–Kier alpha value is -0.770. The highest BCUT2D eigenvalue weighted by Gasteiger charge is 2.31. The summed E-state index contributed by atoms with van der Waals surface area (Å²) in [6.07, 6.45) is 3.75. The van der Waals surface area contributed by atoms with E-state index in [0.717, 1.165) is 0 Å². The first-order valence-corrected chi connectivity index (χ1v) is 7.26. The lowest BCUT2D eigenvalue weighted by Gasteiger charge is -2.31. The van der Waals surface area contributed by atoms with Gasteiger partial charge in [0.2, 0.25) is 0 Å². The minimum Gasteiger partial charge on any atom is -0.489 e. The van der Waals surface area contributed by atoms with Crippen LogP contribution in [0.2, 0.25) is 5.02 Å². The van der Waals surface area contributed by atoms with Gasteiger partial charge in [-0.15, -0.1) is 0 Å². The Bertz CT molecular complexity index is 451. The Balaban J connectivity index is 1.62. The molecule has 1 heterocycles. The molecule has 1 saturated heterocycles. The number of halogens is 1. The fraction of sp³-hybridized carbons (Fsp3) is 0.600. The van der Waals surface area contributed by atoms with Gasteiger partial charge < -0.3 is 14.6 Å². The Morgan fingerprint density at radius 2 is 2.05 bits per heavy atom. The number of hydrogen-bond donors (Lipinski definition) is 1. The highest BCUT2D eigenvalue weighted by atomic mass is 35.5. The van der Waals surface area contributed by atoms with Gasteiger partial charge in [-0.1, -0.05) is 17.7 Å². The summed E-state index contributed by atoms with van der Waals surface area (Å²) in [4.78, 5) is 0. The molecule has 1 aliphatic carbocycles. The molecule has 4 heteroatoms. The minimum atomic E-state index is -0.781. The average Bonchev–Trinajstić information content (AvgIpc) is 3.22. The van der Waals surface area contributed by atoms with E-state index in [0.29, 0.717) is 42.7 Å². The summed E-state index contributed by atoms with van der Waals surface area (Å²) in [6.45, 7) is 1.46. The highest BCUT2D eigenvalue weighted by Crippen LogP contribution is 2.42. The molecule has 0 amide bonds. The second kappa shape index (κ2) is 5.31. The van der Waals surface area contributed by atoms with Gasteiger partial charge in [-0.05, 0) is 36.5 Å². The van der Waals surface area contributed by atoms with Crippen molar-refractivity contribution in [3.05, 3.63) is 28.8 Å². The predicted molar refractivity (Wildman–Crippen MR) is 73.9 cm³/mol. The molecule has 0 aromatic heterocycles. The fourth-order valence-electron chi connectivity index (χ4n) is 2.41. The maximum Gasteiger partial charge on any atom is 0.138 e. The van der Waals surface area contributed by atoms with Gasteiger partial charge >= 0.3 is 0 Å². The summed E-state index contributed by atoms with van der Waals surface area (Å²) in [5.74, 6) is 1.34. The largest absolute Gasteiger partial charge is 0.489 e. The van der Waals surface area contributed by atoms with E-state index in [2.05, 4.69) is 6.07 Å². The van der Waals surface area contributed by atoms with Crippen molar-refractivity contribution in [2.45, 2.75) is 37.2 Å². The summed E-state index contributed by atoms with van der Waals surface area (Å²) in [5.41, 5.74) is 0.513. The molecule has 0 radical (unpaired) electrons. The molecule has 0 unspecified atom stereocenters. The zero-order valence-corrected chi connectivity index (χ0v) is 11.7. The number of aliphatic hydroxyl groups is 1. The van der Waals surface area contributed by atoms with E-state index < -0.39 is 5.60 Å². The van der Waals surface area contributed by atoms with Crippen molar-refractivity contribution in [3.63, 3.8) is 0 Å². The Morgan fingerprint density at radius 1 is 1.32 bits per heavy atom. The van der Waals surface area contributed by atoms with Crippen LogP contribution in [0, 0.1) is 0 Å². The molecule has 3 nitrogen and oxygen atoms in total. The molecule has 2 aliphatic rings. The first kappa shape index (κ1) is 13.2. The number of rotatable bonds is 4. The van der Waals surface area contributed by atoms with Gasteiger partial charge in [-0.25, -0.2) is 0 Å². The van der Waals surface area contributed by atoms with Crippen LogP contribution in [-0.4, -0.2) is 30.5 Å². The molecule has 2 fully saturated rings. The van der Waals surface area contributed by atoms with Gasteiger partial charge in [-0.2, -0.15) is 0 Å². The monoisotopic (exact) mass is 282 g/mol. The standard InChI is InChI=1S/C15H19ClO3/c16-13-9-12(11-1-2-11)3-4-14(13)19-10-15(17)5-7-18-8-6-15/h3-4,9,11,17H,1-2,5-8,10H2. The van der Waals surface area contributed by atoms with Crippen LogP contribution >= 0.6 is 11.6 Å². The van der Waals surface area contributed by atoms with Gasteiger partial charge in [0.05, 0.1) is 5.02 Å².